The van der Waals surface area contributed by atoms with Crippen LogP contribution in [0.5, 0.6) is 0 Å². The first-order valence-corrected chi connectivity index (χ1v) is 13.0. The molecule has 38 heavy (non-hydrogen) atoms. The molecule has 0 saturated heterocycles. The summed E-state index contributed by atoms with van der Waals surface area (Å²) in [6.45, 7) is 13.9. The Morgan fingerprint density at radius 1 is 1.03 bits per heavy atom. The highest BCUT2D eigenvalue weighted by molar-refractivity contribution is 6.19. The molecule has 1 aliphatic heterocycles. The summed E-state index contributed by atoms with van der Waals surface area (Å²) in [4.78, 5) is 19.5. The molecule has 0 radical (unpaired) electrons. The Morgan fingerprint density at radius 3 is 2.29 bits per heavy atom. The van der Waals surface area contributed by atoms with Gasteiger partial charge in [0.25, 0.3) is 0 Å². The first kappa shape index (κ1) is 25.5. The molecule has 0 unspecified atom stereocenters. The van der Waals surface area contributed by atoms with Crippen LogP contribution in [0.2, 0.25) is 0 Å². The van der Waals surface area contributed by atoms with Crippen LogP contribution in [-0.2, 0) is 15.6 Å². The lowest BCUT2D eigenvalue weighted by molar-refractivity contribution is 0.0600. The topological polar surface area (TPSA) is 65.7 Å². The summed E-state index contributed by atoms with van der Waals surface area (Å²) in [6.07, 6.45) is 4.12. The molecule has 0 spiro atoms. The zero-order valence-electron chi connectivity index (χ0n) is 22.8. The normalized spacial score (nSPS) is 16.6. The van der Waals surface area contributed by atoms with Crippen LogP contribution in [0.4, 0.5) is 17.1 Å². The number of carbonyl (C=O) groups is 1. The SMILES string of the molecule is C=CCN1c2ccc(C#N)cc2N=C(c2ccc(C(=O)OC)cc2)c2cc3c(cc21)C(C)(C)CCC3(C)C. The highest BCUT2D eigenvalue weighted by Gasteiger charge is 2.39. The van der Waals surface area contributed by atoms with Gasteiger partial charge in [0, 0.05) is 17.7 Å². The van der Waals surface area contributed by atoms with Crippen LogP contribution in [0.3, 0.4) is 0 Å². The van der Waals surface area contributed by atoms with Crippen molar-refractivity contribution in [3.05, 3.63) is 101 Å². The van der Waals surface area contributed by atoms with Gasteiger partial charge in [0.05, 0.1) is 47.1 Å². The molecule has 0 fully saturated rings. The number of methoxy groups -OCH3 is 1. The van der Waals surface area contributed by atoms with Gasteiger partial charge >= 0.3 is 5.97 Å². The van der Waals surface area contributed by atoms with Crippen LogP contribution in [0.1, 0.15) is 78.7 Å². The largest absolute Gasteiger partial charge is 0.465 e. The summed E-state index contributed by atoms with van der Waals surface area (Å²) >= 11 is 0. The molecule has 5 heteroatoms. The zero-order valence-corrected chi connectivity index (χ0v) is 22.8. The van der Waals surface area contributed by atoms with E-state index in [0.717, 1.165) is 46.7 Å². The molecule has 3 aromatic carbocycles. The molecule has 0 saturated carbocycles. The number of aliphatic imine (C=N–C) groups is 1. The fourth-order valence-corrected chi connectivity index (χ4v) is 5.66. The van der Waals surface area contributed by atoms with E-state index in [2.05, 4.69) is 57.4 Å². The number of nitriles is 1. The Morgan fingerprint density at radius 2 is 1.68 bits per heavy atom. The molecular weight excluding hydrogens is 470 g/mol. The Labute approximate surface area is 225 Å². The van der Waals surface area contributed by atoms with E-state index in [-0.39, 0.29) is 16.8 Å². The fraction of sp³-hybridized carbons (Fsp3) is 0.303. The number of hydrogen-bond donors (Lipinski definition) is 0. The van der Waals surface area contributed by atoms with E-state index in [1.807, 2.05) is 36.4 Å². The summed E-state index contributed by atoms with van der Waals surface area (Å²) in [5.41, 5.74) is 9.25. The van der Waals surface area contributed by atoms with Crippen LogP contribution in [0.25, 0.3) is 0 Å². The molecule has 1 heterocycles. The smallest absolute Gasteiger partial charge is 0.337 e. The van der Waals surface area contributed by atoms with Gasteiger partial charge in [0.15, 0.2) is 0 Å². The zero-order chi connectivity index (χ0) is 27.2. The molecule has 0 aromatic heterocycles. The van der Waals surface area contributed by atoms with E-state index in [1.165, 1.54) is 18.2 Å². The number of rotatable bonds is 4. The van der Waals surface area contributed by atoms with Crippen molar-refractivity contribution in [1.29, 1.82) is 5.26 Å². The lowest BCUT2D eigenvalue weighted by Crippen LogP contribution is -2.35. The van der Waals surface area contributed by atoms with E-state index in [9.17, 15) is 10.1 Å². The first-order chi connectivity index (χ1) is 18.1. The maximum atomic E-state index is 12.1. The first-order valence-electron chi connectivity index (χ1n) is 13.0. The minimum absolute atomic E-state index is 0.0239. The van der Waals surface area contributed by atoms with Gasteiger partial charge in [0.2, 0.25) is 0 Å². The van der Waals surface area contributed by atoms with Gasteiger partial charge in [-0.1, -0.05) is 45.9 Å². The third kappa shape index (κ3) is 4.20. The Kier molecular flexibility index (Phi) is 6.23. The standard InChI is InChI=1S/C33H33N3O2/c1-7-16-36-28-13-8-21(20-34)17-27(28)35-30(22-9-11-23(12-10-22)31(37)38-6)24-18-25-26(19-29(24)36)33(4,5)15-14-32(25,2)3/h7-13,17-19H,1,14-16H2,2-6H3. The van der Waals surface area contributed by atoms with Gasteiger partial charge in [0.1, 0.15) is 0 Å². The number of benzene rings is 3. The van der Waals surface area contributed by atoms with Crippen LogP contribution in [0.15, 0.2) is 72.2 Å². The minimum atomic E-state index is -0.376. The third-order valence-electron chi connectivity index (χ3n) is 8.03. The maximum absolute atomic E-state index is 12.1. The Bertz CT molecular complexity index is 1520. The summed E-state index contributed by atoms with van der Waals surface area (Å²) < 4.78 is 4.90. The van der Waals surface area contributed by atoms with Crippen molar-refractivity contribution in [1.82, 2.24) is 0 Å². The van der Waals surface area contributed by atoms with Crippen molar-refractivity contribution < 1.29 is 9.53 Å². The van der Waals surface area contributed by atoms with Crippen LogP contribution in [-0.4, -0.2) is 25.3 Å². The van der Waals surface area contributed by atoms with Crippen molar-refractivity contribution in [2.75, 3.05) is 18.6 Å². The van der Waals surface area contributed by atoms with Crippen molar-refractivity contribution in [3.8, 4) is 6.07 Å². The van der Waals surface area contributed by atoms with Crippen LogP contribution < -0.4 is 4.90 Å². The average molecular weight is 504 g/mol. The Hall–Kier alpha value is -4.17. The monoisotopic (exact) mass is 503 g/mol. The van der Waals surface area contributed by atoms with Gasteiger partial charge in [-0.05, 0) is 77.3 Å². The van der Waals surface area contributed by atoms with Crippen molar-refractivity contribution in [2.45, 2.75) is 51.4 Å². The van der Waals surface area contributed by atoms with Crippen molar-refractivity contribution in [2.24, 2.45) is 4.99 Å². The number of ether oxygens (including phenoxy) is 1. The predicted octanol–water partition coefficient (Wildman–Crippen LogP) is 7.50. The van der Waals surface area contributed by atoms with Gasteiger partial charge in [-0.15, -0.1) is 6.58 Å². The lowest BCUT2D eigenvalue weighted by atomic mass is 9.62. The molecule has 0 atom stereocenters. The van der Waals surface area contributed by atoms with Gasteiger partial charge in [-0.25, -0.2) is 9.79 Å². The van der Waals surface area contributed by atoms with E-state index in [4.69, 9.17) is 9.73 Å². The molecular formula is C33H33N3O2. The van der Waals surface area contributed by atoms with E-state index in [1.54, 1.807) is 12.1 Å². The van der Waals surface area contributed by atoms with Gasteiger partial charge < -0.3 is 9.64 Å². The molecule has 2 aliphatic rings. The predicted molar refractivity (Wildman–Crippen MR) is 153 cm³/mol. The number of hydrogen-bond acceptors (Lipinski definition) is 5. The second kappa shape index (κ2) is 9.29. The Balaban J connectivity index is 1.84. The third-order valence-corrected chi connectivity index (χ3v) is 8.03. The lowest BCUT2D eigenvalue weighted by Gasteiger charge is -2.43. The minimum Gasteiger partial charge on any atom is -0.465 e. The number of carbonyl (C=O) groups excluding carboxylic acids is 1. The molecule has 5 nitrogen and oxygen atoms in total. The summed E-state index contributed by atoms with van der Waals surface area (Å²) in [6, 6.07) is 20.0. The van der Waals surface area contributed by atoms with Gasteiger partial charge in [-0.3, -0.25) is 0 Å². The summed E-state index contributed by atoms with van der Waals surface area (Å²) in [5, 5.41) is 9.63. The molecule has 5 rings (SSSR count). The quantitative estimate of drug-likeness (QED) is 0.273. The molecule has 0 N–H and O–H groups in total. The number of fused-ring (bicyclic) bond motifs is 3. The van der Waals surface area contributed by atoms with E-state index in [0.29, 0.717) is 17.7 Å². The molecule has 1 aliphatic carbocycles. The maximum Gasteiger partial charge on any atom is 0.337 e. The average Bonchev–Trinajstić information content (AvgIpc) is 3.04. The molecule has 0 bridgehead atoms. The second-order valence-corrected chi connectivity index (χ2v) is 11.4. The number of esters is 1. The molecule has 192 valence electrons. The number of nitrogens with zero attached hydrogens (tertiary/aromatic N) is 3. The summed E-state index contributed by atoms with van der Waals surface area (Å²) in [5.74, 6) is -0.376. The summed E-state index contributed by atoms with van der Waals surface area (Å²) in [7, 11) is 1.38. The van der Waals surface area contributed by atoms with E-state index < -0.39 is 0 Å². The molecule has 3 aromatic rings. The molecule has 0 amide bonds. The van der Waals surface area contributed by atoms with E-state index >= 15 is 0 Å². The number of anilines is 2. The second-order valence-electron chi connectivity index (χ2n) is 11.4. The fourth-order valence-electron chi connectivity index (χ4n) is 5.66. The highest BCUT2D eigenvalue weighted by atomic mass is 16.5. The van der Waals surface area contributed by atoms with Crippen LogP contribution >= 0.6 is 0 Å². The highest BCUT2D eigenvalue weighted by Crippen LogP contribution is 2.50. The van der Waals surface area contributed by atoms with Crippen LogP contribution in [0, 0.1) is 11.3 Å². The van der Waals surface area contributed by atoms with Gasteiger partial charge in [-0.2, -0.15) is 5.26 Å². The van der Waals surface area contributed by atoms with Crippen molar-refractivity contribution in [3.63, 3.8) is 0 Å². The van der Waals surface area contributed by atoms with Crippen molar-refractivity contribution >= 4 is 28.7 Å².